The van der Waals surface area contributed by atoms with E-state index in [2.05, 4.69) is 20.9 Å². The number of quaternary nitrogens is 1. The van der Waals surface area contributed by atoms with Crippen LogP contribution in [-0.2, 0) is 4.79 Å². The Bertz CT molecular complexity index is 327. The number of nitrogens with zero attached hydrogens (tertiary/aromatic N) is 1. The van der Waals surface area contributed by atoms with Gasteiger partial charge in [0, 0.05) is 6.42 Å². The predicted octanol–water partition coefficient (Wildman–Crippen LogP) is 7.58. The van der Waals surface area contributed by atoms with E-state index in [1.807, 2.05) is 0 Å². The second-order valence-electron chi connectivity index (χ2n) is 9.24. The molecule has 1 N–H and O–H groups in total. The van der Waals surface area contributed by atoms with Crippen LogP contribution in [0.3, 0.4) is 0 Å². The zero-order valence-electron chi connectivity index (χ0n) is 19.7. The van der Waals surface area contributed by atoms with Gasteiger partial charge in [0.05, 0.1) is 26.7 Å². The first-order valence-electron chi connectivity index (χ1n) is 12.6. The third-order valence-corrected chi connectivity index (χ3v) is 6.19. The molecule has 0 aromatic heterocycles. The third-order valence-electron chi connectivity index (χ3n) is 6.19. The van der Waals surface area contributed by atoms with Gasteiger partial charge in [0.1, 0.15) is 0 Å². The highest BCUT2D eigenvalue weighted by atomic mass is 16.4. The quantitative estimate of drug-likeness (QED) is 0.151. The molecule has 0 aliphatic carbocycles. The predicted molar refractivity (Wildman–Crippen MR) is 123 cm³/mol. The molecule has 168 valence electrons. The second-order valence-corrected chi connectivity index (χ2v) is 9.24. The Hall–Kier alpha value is -0.570. The summed E-state index contributed by atoms with van der Waals surface area (Å²) in [5.74, 6) is -0.651. The van der Waals surface area contributed by atoms with E-state index in [0.29, 0.717) is 6.42 Å². The summed E-state index contributed by atoms with van der Waals surface area (Å²) in [7, 11) is 2.49. The number of carboxylic acids is 1. The van der Waals surface area contributed by atoms with Crippen LogP contribution in [0.5, 0.6) is 0 Å². The van der Waals surface area contributed by atoms with Crippen molar-refractivity contribution in [3.8, 4) is 0 Å². The van der Waals surface area contributed by atoms with Crippen LogP contribution in [0.25, 0.3) is 0 Å². The number of unbranched alkanes of at least 4 members (excludes halogenated alkanes) is 14. The smallest absolute Gasteiger partial charge is 0.303 e. The number of rotatable bonds is 22. The largest absolute Gasteiger partial charge is 0.481 e. The number of carboxylic acid groups (broad SMARTS) is 1. The average molecular weight is 399 g/mol. The van der Waals surface area contributed by atoms with E-state index in [9.17, 15) is 4.79 Å². The normalized spacial score (nSPS) is 11.8. The Morgan fingerprint density at radius 2 is 0.893 bits per heavy atom. The molecule has 0 aromatic carbocycles. The van der Waals surface area contributed by atoms with Crippen LogP contribution in [0.2, 0.25) is 0 Å². The molecule has 3 nitrogen and oxygen atoms in total. The fourth-order valence-electron chi connectivity index (χ4n) is 4.18. The summed E-state index contributed by atoms with van der Waals surface area (Å²) in [5.41, 5.74) is 0. The van der Waals surface area contributed by atoms with Crippen LogP contribution in [0.15, 0.2) is 0 Å². The minimum absolute atomic E-state index is 0.337. The maximum Gasteiger partial charge on any atom is 0.303 e. The second kappa shape index (κ2) is 19.7. The molecule has 0 aliphatic rings. The van der Waals surface area contributed by atoms with Crippen molar-refractivity contribution in [3.05, 3.63) is 0 Å². The highest BCUT2D eigenvalue weighted by Gasteiger charge is 2.20. The van der Waals surface area contributed by atoms with Crippen molar-refractivity contribution < 1.29 is 14.4 Å². The fraction of sp³-hybridized carbons (Fsp3) is 0.960. The van der Waals surface area contributed by atoms with Crippen LogP contribution in [0.4, 0.5) is 0 Å². The Labute approximate surface area is 176 Å². The maximum absolute atomic E-state index is 10.6. The van der Waals surface area contributed by atoms with Crippen molar-refractivity contribution >= 4 is 5.97 Å². The molecule has 0 unspecified atom stereocenters. The van der Waals surface area contributed by atoms with Crippen molar-refractivity contribution in [2.24, 2.45) is 0 Å². The molecule has 0 radical (unpaired) electrons. The lowest BCUT2D eigenvalue weighted by Gasteiger charge is -2.35. The molecule has 0 aliphatic heterocycles. The minimum Gasteiger partial charge on any atom is -0.481 e. The molecule has 0 atom stereocenters. The van der Waals surface area contributed by atoms with Crippen molar-refractivity contribution in [2.75, 3.05) is 26.7 Å². The van der Waals surface area contributed by atoms with Crippen LogP contribution < -0.4 is 0 Å². The topological polar surface area (TPSA) is 37.3 Å². The van der Waals surface area contributed by atoms with Gasteiger partial charge in [-0.2, -0.15) is 0 Å². The van der Waals surface area contributed by atoms with Crippen molar-refractivity contribution in [3.63, 3.8) is 0 Å². The van der Waals surface area contributed by atoms with Crippen LogP contribution in [0, 0.1) is 0 Å². The molecule has 0 saturated heterocycles. The van der Waals surface area contributed by atoms with E-state index < -0.39 is 5.97 Å². The lowest BCUT2D eigenvalue weighted by Crippen LogP contribution is -2.46. The van der Waals surface area contributed by atoms with Gasteiger partial charge in [0.2, 0.25) is 0 Å². The molecule has 0 amide bonds. The summed E-state index contributed by atoms with van der Waals surface area (Å²) in [6.07, 6.45) is 22.7. The SMILES string of the molecule is CCCCCCCC[N+](C)(CCCCCCCC)CCCCCCCC(=O)O. The molecule has 0 spiro atoms. The Morgan fingerprint density at radius 3 is 1.25 bits per heavy atom. The molecular weight excluding hydrogens is 346 g/mol. The zero-order valence-corrected chi connectivity index (χ0v) is 19.7. The standard InChI is InChI=1S/C25H51NO2/c1-4-6-8-10-14-18-22-26(3,23-19-15-11-9-7-5-2)24-20-16-12-13-17-21-25(27)28/h4-24H2,1-3H3/p+1. The Balaban J connectivity index is 4.05. The Kier molecular flexibility index (Phi) is 19.3. The van der Waals surface area contributed by atoms with Gasteiger partial charge in [-0.1, -0.05) is 78.1 Å². The first-order valence-corrected chi connectivity index (χ1v) is 12.6. The first kappa shape index (κ1) is 27.4. The van der Waals surface area contributed by atoms with Gasteiger partial charge in [-0.05, 0) is 44.9 Å². The van der Waals surface area contributed by atoms with Crippen LogP contribution in [0.1, 0.15) is 129 Å². The molecule has 28 heavy (non-hydrogen) atoms. The molecule has 0 fully saturated rings. The highest BCUT2D eigenvalue weighted by molar-refractivity contribution is 5.66. The summed E-state index contributed by atoms with van der Waals surface area (Å²) in [6.45, 7) is 8.58. The van der Waals surface area contributed by atoms with Crippen LogP contribution in [-0.4, -0.2) is 42.2 Å². The molecule has 0 saturated carbocycles. The lowest BCUT2D eigenvalue weighted by molar-refractivity contribution is -0.910. The fourth-order valence-corrected chi connectivity index (χ4v) is 4.18. The van der Waals surface area contributed by atoms with E-state index >= 15 is 0 Å². The molecule has 0 heterocycles. The number of hydrogen-bond acceptors (Lipinski definition) is 1. The molecule has 3 heteroatoms. The first-order chi connectivity index (χ1) is 13.5. The van der Waals surface area contributed by atoms with Gasteiger partial charge in [0.25, 0.3) is 0 Å². The summed E-state index contributed by atoms with van der Waals surface area (Å²) in [5, 5.41) is 8.72. The van der Waals surface area contributed by atoms with Gasteiger partial charge < -0.3 is 9.59 Å². The van der Waals surface area contributed by atoms with Gasteiger partial charge in [0.15, 0.2) is 0 Å². The average Bonchev–Trinajstić information content (AvgIpc) is 2.66. The summed E-state index contributed by atoms with van der Waals surface area (Å²) in [4.78, 5) is 10.6. The van der Waals surface area contributed by atoms with Crippen LogP contribution >= 0.6 is 0 Å². The number of carbonyl (C=O) groups is 1. The molecular formula is C25H52NO2+. The van der Waals surface area contributed by atoms with Gasteiger partial charge in [-0.3, -0.25) is 4.79 Å². The van der Waals surface area contributed by atoms with E-state index in [4.69, 9.17) is 5.11 Å². The third kappa shape index (κ3) is 18.8. The zero-order chi connectivity index (χ0) is 20.9. The summed E-state index contributed by atoms with van der Waals surface area (Å²) >= 11 is 0. The van der Waals surface area contributed by atoms with Crippen molar-refractivity contribution in [1.29, 1.82) is 0 Å². The highest BCUT2D eigenvalue weighted by Crippen LogP contribution is 2.16. The van der Waals surface area contributed by atoms with E-state index in [1.54, 1.807) is 0 Å². The van der Waals surface area contributed by atoms with Gasteiger partial charge >= 0.3 is 5.97 Å². The molecule has 0 aromatic rings. The summed E-state index contributed by atoms with van der Waals surface area (Å²) < 4.78 is 1.26. The number of hydrogen-bond donors (Lipinski definition) is 1. The number of aliphatic carboxylic acids is 1. The van der Waals surface area contributed by atoms with Crippen molar-refractivity contribution in [1.82, 2.24) is 0 Å². The molecule has 0 bridgehead atoms. The Morgan fingerprint density at radius 1 is 0.571 bits per heavy atom. The minimum atomic E-state index is -0.651. The lowest BCUT2D eigenvalue weighted by atomic mass is 10.1. The van der Waals surface area contributed by atoms with Crippen molar-refractivity contribution in [2.45, 2.75) is 129 Å². The summed E-state index contributed by atoms with van der Waals surface area (Å²) in [6, 6.07) is 0. The van der Waals surface area contributed by atoms with E-state index in [1.165, 1.54) is 120 Å². The van der Waals surface area contributed by atoms with Gasteiger partial charge in [-0.25, -0.2) is 0 Å². The van der Waals surface area contributed by atoms with E-state index in [-0.39, 0.29) is 0 Å². The van der Waals surface area contributed by atoms with E-state index in [0.717, 1.165) is 12.8 Å². The monoisotopic (exact) mass is 398 g/mol. The van der Waals surface area contributed by atoms with Gasteiger partial charge in [-0.15, -0.1) is 0 Å². The maximum atomic E-state index is 10.6. The molecule has 0 rings (SSSR count).